The molecule has 11 heteroatoms. The molecule has 41 heavy (non-hydrogen) atoms. The molecule has 0 heterocycles. The van der Waals surface area contributed by atoms with Crippen LogP contribution in [-0.2, 0) is 26.2 Å². The van der Waals surface area contributed by atoms with E-state index < -0.39 is 28.5 Å². The van der Waals surface area contributed by atoms with Crippen LogP contribution in [0, 0.1) is 6.92 Å². The number of carbonyl (C=O) groups excluding carboxylic acids is 2. The molecule has 2 amide bonds. The molecule has 1 N–H and O–H groups in total. The van der Waals surface area contributed by atoms with Gasteiger partial charge < -0.3 is 15.0 Å². The number of carbonyl (C=O) groups is 2. The Hall–Kier alpha value is -3.27. The van der Waals surface area contributed by atoms with E-state index in [9.17, 15) is 18.0 Å². The first-order valence-corrected chi connectivity index (χ1v) is 15.5. The average Bonchev–Trinajstić information content (AvgIpc) is 2.95. The highest BCUT2D eigenvalue weighted by Crippen LogP contribution is 2.32. The Morgan fingerprint density at radius 1 is 0.976 bits per heavy atom. The SMILES string of the molecule is CCCNC(=O)[C@@H](CC)N(Cc1ccccc1Cl)C(=O)CN(c1ccc(OC)c(Cl)c1)S(=O)(=O)c1ccc(C)cc1. The van der Waals surface area contributed by atoms with Crippen molar-refractivity contribution in [2.75, 3.05) is 24.5 Å². The van der Waals surface area contributed by atoms with E-state index in [1.165, 1.54) is 42.3 Å². The predicted octanol–water partition coefficient (Wildman–Crippen LogP) is 5.84. The number of benzene rings is 3. The number of halogens is 2. The summed E-state index contributed by atoms with van der Waals surface area (Å²) in [6.07, 6.45) is 1.03. The summed E-state index contributed by atoms with van der Waals surface area (Å²) >= 11 is 12.8. The zero-order valence-corrected chi connectivity index (χ0v) is 25.9. The van der Waals surface area contributed by atoms with Crippen LogP contribution in [0.25, 0.3) is 0 Å². The maximum absolute atomic E-state index is 14.1. The van der Waals surface area contributed by atoms with Crippen LogP contribution < -0.4 is 14.4 Å². The summed E-state index contributed by atoms with van der Waals surface area (Å²) in [5.74, 6) is -0.547. The summed E-state index contributed by atoms with van der Waals surface area (Å²) in [7, 11) is -2.77. The molecule has 0 aromatic heterocycles. The molecule has 0 unspecified atom stereocenters. The van der Waals surface area contributed by atoms with E-state index in [1.54, 1.807) is 43.3 Å². The van der Waals surface area contributed by atoms with E-state index >= 15 is 0 Å². The highest BCUT2D eigenvalue weighted by molar-refractivity contribution is 7.92. The van der Waals surface area contributed by atoms with Crippen molar-refractivity contribution in [3.05, 3.63) is 87.9 Å². The van der Waals surface area contributed by atoms with Crippen molar-refractivity contribution in [3.63, 3.8) is 0 Å². The van der Waals surface area contributed by atoms with Gasteiger partial charge in [-0.2, -0.15) is 0 Å². The molecule has 0 aliphatic carbocycles. The Balaban J connectivity index is 2.10. The summed E-state index contributed by atoms with van der Waals surface area (Å²) in [6.45, 7) is 5.46. The molecule has 0 saturated heterocycles. The van der Waals surface area contributed by atoms with Crippen molar-refractivity contribution in [2.24, 2.45) is 0 Å². The Labute approximate surface area is 252 Å². The van der Waals surface area contributed by atoms with Gasteiger partial charge in [-0.1, -0.05) is 72.9 Å². The van der Waals surface area contributed by atoms with Gasteiger partial charge in [-0.05, 0) is 61.7 Å². The minimum absolute atomic E-state index is 0.00762. The molecule has 3 aromatic rings. The summed E-state index contributed by atoms with van der Waals surface area (Å²) in [6, 6.07) is 17.0. The molecule has 1 atom stereocenters. The molecule has 0 fully saturated rings. The average molecular weight is 621 g/mol. The summed E-state index contributed by atoms with van der Waals surface area (Å²) in [5, 5.41) is 3.47. The number of aryl methyl sites for hydroxylation is 1. The molecule has 8 nitrogen and oxygen atoms in total. The molecule has 0 aliphatic heterocycles. The van der Waals surface area contributed by atoms with Gasteiger partial charge in [0.25, 0.3) is 10.0 Å². The van der Waals surface area contributed by atoms with Crippen LogP contribution in [-0.4, -0.2) is 51.4 Å². The molecule has 3 rings (SSSR count). The van der Waals surface area contributed by atoms with Crippen molar-refractivity contribution in [2.45, 2.75) is 51.1 Å². The van der Waals surface area contributed by atoms with Gasteiger partial charge >= 0.3 is 0 Å². The Kier molecular flexibility index (Phi) is 11.5. The molecule has 0 radical (unpaired) electrons. The molecule has 0 bridgehead atoms. The summed E-state index contributed by atoms with van der Waals surface area (Å²) in [4.78, 5) is 28.7. The Morgan fingerprint density at radius 3 is 2.24 bits per heavy atom. The number of rotatable bonds is 13. The Morgan fingerprint density at radius 2 is 1.66 bits per heavy atom. The number of anilines is 1. The number of methoxy groups -OCH3 is 1. The van der Waals surface area contributed by atoms with Crippen LogP contribution >= 0.6 is 23.2 Å². The minimum Gasteiger partial charge on any atom is -0.495 e. The zero-order chi connectivity index (χ0) is 30.2. The van der Waals surface area contributed by atoms with Gasteiger partial charge in [0.05, 0.1) is 22.7 Å². The van der Waals surface area contributed by atoms with Gasteiger partial charge in [0.15, 0.2) is 0 Å². The number of sulfonamides is 1. The van der Waals surface area contributed by atoms with E-state index in [-0.39, 0.29) is 28.1 Å². The second-order valence-corrected chi connectivity index (χ2v) is 12.1. The molecule has 0 saturated carbocycles. The number of hydrogen-bond acceptors (Lipinski definition) is 5. The van der Waals surface area contributed by atoms with Crippen molar-refractivity contribution < 1.29 is 22.7 Å². The first-order chi connectivity index (χ1) is 19.5. The lowest BCUT2D eigenvalue weighted by Gasteiger charge is -2.33. The van der Waals surface area contributed by atoms with Crippen LogP contribution in [0.2, 0.25) is 10.0 Å². The molecular weight excluding hydrogens is 585 g/mol. The van der Waals surface area contributed by atoms with Gasteiger partial charge in [0, 0.05) is 18.1 Å². The largest absolute Gasteiger partial charge is 0.495 e. The lowest BCUT2D eigenvalue weighted by Crippen LogP contribution is -2.52. The number of nitrogens with zero attached hydrogens (tertiary/aromatic N) is 2. The fraction of sp³-hybridized carbons (Fsp3) is 0.333. The predicted molar refractivity (Wildman–Crippen MR) is 163 cm³/mol. The van der Waals surface area contributed by atoms with E-state index in [0.717, 1.165) is 16.3 Å². The zero-order valence-electron chi connectivity index (χ0n) is 23.6. The third-order valence-corrected chi connectivity index (χ3v) is 9.00. The van der Waals surface area contributed by atoms with E-state index in [4.69, 9.17) is 27.9 Å². The highest BCUT2D eigenvalue weighted by atomic mass is 35.5. The maximum Gasteiger partial charge on any atom is 0.264 e. The third-order valence-electron chi connectivity index (χ3n) is 6.54. The van der Waals surface area contributed by atoms with Crippen LogP contribution in [0.5, 0.6) is 5.75 Å². The van der Waals surface area contributed by atoms with E-state index in [1.807, 2.05) is 13.8 Å². The van der Waals surface area contributed by atoms with Crippen LogP contribution in [0.1, 0.15) is 37.8 Å². The van der Waals surface area contributed by atoms with Gasteiger partial charge in [-0.15, -0.1) is 0 Å². The minimum atomic E-state index is -4.22. The third kappa shape index (κ3) is 7.93. The number of nitrogens with one attached hydrogen (secondary N) is 1. The smallest absolute Gasteiger partial charge is 0.264 e. The van der Waals surface area contributed by atoms with E-state index in [2.05, 4.69) is 5.32 Å². The molecule has 220 valence electrons. The normalized spacial score (nSPS) is 12.0. The van der Waals surface area contributed by atoms with Gasteiger partial charge in [-0.25, -0.2) is 8.42 Å². The van der Waals surface area contributed by atoms with Crippen molar-refractivity contribution in [1.29, 1.82) is 0 Å². The lowest BCUT2D eigenvalue weighted by atomic mass is 10.1. The second-order valence-electron chi connectivity index (χ2n) is 9.47. The van der Waals surface area contributed by atoms with Crippen LogP contribution in [0.15, 0.2) is 71.6 Å². The van der Waals surface area contributed by atoms with Crippen LogP contribution in [0.4, 0.5) is 5.69 Å². The monoisotopic (exact) mass is 619 g/mol. The van der Waals surface area contributed by atoms with Crippen molar-refractivity contribution in [1.82, 2.24) is 10.2 Å². The van der Waals surface area contributed by atoms with E-state index in [0.29, 0.717) is 29.3 Å². The number of ether oxygens (including phenoxy) is 1. The van der Waals surface area contributed by atoms with Gasteiger partial charge in [0.2, 0.25) is 11.8 Å². The first-order valence-electron chi connectivity index (χ1n) is 13.3. The second kappa shape index (κ2) is 14.6. The number of amides is 2. The molecule has 3 aromatic carbocycles. The van der Waals surface area contributed by atoms with Gasteiger partial charge in [0.1, 0.15) is 18.3 Å². The summed E-state index contributed by atoms with van der Waals surface area (Å²) < 4.78 is 34.2. The van der Waals surface area contributed by atoms with Crippen molar-refractivity contribution in [3.8, 4) is 5.75 Å². The summed E-state index contributed by atoms with van der Waals surface area (Å²) in [5.41, 5.74) is 1.68. The van der Waals surface area contributed by atoms with Gasteiger partial charge in [-0.3, -0.25) is 13.9 Å². The topological polar surface area (TPSA) is 96.0 Å². The molecule has 0 spiro atoms. The number of hydrogen-bond donors (Lipinski definition) is 1. The van der Waals surface area contributed by atoms with Crippen LogP contribution in [0.3, 0.4) is 0 Å². The maximum atomic E-state index is 14.1. The first kappa shape index (κ1) is 32.2. The fourth-order valence-electron chi connectivity index (χ4n) is 4.27. The van der Waals surface area contributed by atoms with Crippen molar-refractivity contribution >= 4 is 50.7 Å². The standard InChI is InChI=1S/C30H35Cl2N3O5S/c1-5-17-33-30(37)27(6-2)34(19-22-9-7-8-10-25(22)31)29(36)20-35(23-13-16-28(40-4)26(32)18-23)41(38,39)24-14-11-21(3)12-15-24/h7-16,18,27H,5-6,17,19-20H2,1-4H3,(H,33,37)/t27-/m1/s1. The Bertz CT molecular complexity index is 1470. The fourth-order valence-corrected chi connectivity index (χ4v) is 6.13. The molecule has 0 aliphatic rings. The quantitative estimate of drug-likeness (QED) is 0.259. The molecular formula is C30H35Cl2N3O5S. The highest BCUT2D eigenvalue weighted by Gasteiger charge is 2.34. The lowest BCUT2D eigenvalue weighted by molar-refractivity contribution is -0.140.